The molecule has 0 spiro atoms. The smallest absolute Gasteiger partial charge is 0.211 e. The summed E-state index contributed by atoms with van der Waals surface area (Å²) in [5.74, 6) is 1.29. The number of alkyl halides is 1. The lowest BCUT2D eigenvalue weighted by molar-refractivity contribution is 0.0827. The fraction of sp³-hybridized carbons (Fsp3) is 1.00. The molecule has 1 atom stereocenters. The van der Waals surface area contributed by atoms with Gasteiger partial charge in [-0.15, -0.1) is 11.6 Å². The van der Waals surface area contributed by atoms with E-state index >= 15 is 0 Å². The summed E-state index contributed by atoms with van der Waals surface area (Å²) in [7, 11) is -3.11. The van der Waals surface area contributed by atoms with Crippen molar-refractivity contribution in [2.75, 3.05) is 31.3 Å². The topological polar surface area (TPSA) is 49.4 Å². The lowest BCUT2D eigenvalue weighted by atomic mass is 9.85. The zero-order valence-corrected chi connectivity index (χ0v) is 11.6. The van der Waals surface area contributed by atoms with Gasteiger partial charge in [-0.25, -0.2) is 13.1 Å². The molecule has 3 saturated heterocycles. The van der Waals surface area contributed by atoms with E-state index in [2.05, 4.69) is 9.62 Å². The third-order valence-corrected chi connectivity index (χ3v) is 5.54. The molecular weight excluding hydrogens is 260 g/mol. The Bertz CT molecular complexity index is 339. The monoisotopic (exact) mass is 280 g/mol. The van der Waals surface area contributed by atoms with Crippen LogP contribution in [0.25, 0.3) is 0 Å². The van der Waals surface area contributed by atoms with Crippen LogP contribution in [0.5, 0.6) is 0 Å². The summed E-state index contributed by atoms with van der Waals surface area (Å²) in [6.07, 6.45) is 3.69. The highest BCUT2D eigenvalue weighted by molar-refractivity contribution is 7.89. The zero-order chi connectivity index (χ0) is 12.3. The standard InChI is InChI=1S/C11H21ClN2O2S/c12-5-1-2-8-17(15,16)13-11-9-14-6-3-10(11)4-7-14/h10-11,13H,1-9H2. The van der Waals surface area contributed by atoms with Crippen molar-refractivity contribution in [1.29, 1.82) is 0 Å². The Hall–Kier alpha value is 0.160. The summed E-state index contributed by atoms with van der Waals surface area (Å²) in [6.45, 7) is 3.16. The van der Waals surface area contributed by atoms with Crippen molar-refractivity contribution in [3.63, 3.8) is 0 Å². The van der Waals surface area contributed by atoms with Crippen LogP contribution in [0.2, 0.25) is 0 Å². The number of halogens is 1. The molecule has 3 fully saturated rings. The van der Waals surface area contributed by atoms with Gasteiger partial charge in [-0.2, -0.15) is 0 Å². The van der Waals surface area contributed by atoms with Crippen LogP contribution in [-0.2, 0) is 10.0 Å². The average molecular weight is 281 g/mol. The molecule has 1 N–H and O–H groups in total. The quantitative estimate of drug-likeness (QED) is 0.584. The van der Waals surface area contributed by atoms with Crippen molar-refractivity contribution in [2.45, 2.75) is 31.7 Å². The molecule has 3 heterocycles. The van der Waals surface area contributed by atoms with Crippen LogP contribution in [0.4, 0.5) is 0 Å². The first-order valence-electron chi connectivity index (χ1n) is 6.39. The van der Waals surface area contributed by atoms with Crippen LogP contribution in [0.3, 0.4) is 0 Å². The summed E-state index contributed by atoms with van der Waals surface area (Å²) in [6, 6.07) is 0.138. The summed E-state index contributed by atoms with van der Waals surface area (Å²) >= 11 is 5.55. The molecule has 0 aromatic rings. The normalized spacial score (nSPS) is 32.9. The summed E-state index contributed by atoms with van der Waals surface area (Å²) < 4.78 is 26.6. The van der Waals surface area contributed by atoms with Gasteiger partial charge in [-0.05, 0) is 44.7 Å². The SMILES string of the molecule is O=S(=O)(CCCCCl)NC1CN2CCC1CC2. The van der Waals surface area contributed by atoms with Crippen LogP contribution in [0.1, 0.15) is 25.7 Å². The average Bonchev–Trinajstić information content (AvgIpc) is 2.30. The second kappa shape index (κ2) is 5.87. The van der Waals surface area contributed by atoms with Gasteiger partial charge in [0.1, 0.15) is 0 Å². The van der Waals surface area contributed by atoms with E-state index in [-0.39, 0.29) is 11.8 Å². The van der Waals surface area contributed by atoms with Gasteiger partial charge in [0, 0.05) is 18.5 Å². The summed E-state index contributed by atoms with van der Waals surface area (Å²) in [5.41, 5.74) is 0. The predicted molar refractivity (Wildman–Crippen MR) is 69.8 cm³/mol. The number of piperidine rings is 3. The van der Waals surface area contributed by atoms with Crippen LogP contribution in [0.15, 0.2) is 0 Å². The van der Waals surface area contributed by atoms with Gasteiger partial charge in [-0.3, -0.25) is 0 Å². The number of nitrogens with zero attached hydrogens (tertiary/aromatic N) is 1. The van der Waals surface area contributed by atoms with Gasteiger partial charge in [0.15, 0.2) is 0 Å². The first kappa shape index (κ1) is 13.6. The molecule has 100 valence electrons. The van der Waals surface area contributed by atoms with E-state index in [1.807, 2.05) is 0 Å². The molecule has 1 unspecified atom stereocenters. The number of fused-ring (bicyclic) bond motifs is 3. The van der Waals surface area contributed by atoms with E-state index in [0.29, 0.717) is 18.2 Å². The van der Waals surface area contributed by atoms with E-state index in [4.69, 9.17) is 11.6 Å². The highest BCUT2D eigenvalue weighted by atomic mass is 35.5. The Morgan fingerprint density at radius 1 is 1.24 bits per heavy atom. The van der Waals surface area contributed by atoms with Crippen molar-refractivity contribution < 1.29 is 8.42 Å². The minimum absolute atomic E-state index is 0.138. The van der Waals surface area contributed by atoms with Gasteiger partial charge in [-0.1, -0.05) is 0 Å². The van der Waals surface area contributed by atoms with Crippen molar-refractivity contribution >= 4 is 21.6 Å². The Morgan fingerprint density at radius 2 is 1.94 bits per heavy atom. The Balaban J connectivity index is 1.83. The zero-order valence-electron chi connectivity index (χ0n) is 10.1. The maximum atomic E-state index is 11.9. The van der Waals surface area contributed by atoms with Gasteiger partial charge in [0.05, 0.1) is 5.75 Å². The molecule has 2 bridgehead atoms. The number of hydrogen-bond donors (Lipinski definition) is 1. The first-order chi connectivity index (χ1) is 8.11. The van der Waals surface area contributed by atoms with Gasteiger partial charge in [0.25, 0.3) is 0 Å². The van der Waals surface area contributed by atoms with Gasteiger partial charge < -0.3 is 4.90 Å². The predicted octanol–water partition coefficient (Wildman–Crippen LogP) is 1.02. The first-order valence-corrected chi connectivity index (χ1v) is 8.58. The number of unbranched alkanes of at least 4 members (excludes halogenated alkanes) is 1. The molecule has 0 saturated carbocycles. The van der Waals surface area contributed by atoms with Crippen molar-refractivity contribution in [3.05, 3.63) is 0 Å². The van der Waals surface area contributed by atoms with Crippen LogP contribution in [0, 0.1) is 5.92 Å². The number of rotatable bonds is 6. The van der Waals surface area contributed by atoms with Crippen molar-refractivity contribution in [1.82, 2.24) is 9.62 Å². The Kier molecular flexibility index (Phi) is 4.69. The second-order valence-electron chi connectivity index (χ2n) is 5.08. The second-order valence-corrected chi connectivity index (χ2v) is 7.33. The summed E-state index contributed by atoms with van der Waals surface area (Å²) in [5, 5.41) is 0. The third kappa shape index (κ3) is 3.81. The molecule has 3 aliphatic heterocycles. The molecule has 0 aromatic heterocycles. The molecule has 0 aliphatic carbocycles. The maximum Gasteiger partial charge on any atom is 0.211 e. The Morgan fingerprint density at radius 3 is 2.47 bits per heavy atom. The van der Waals surface area contributed by atoms with Crippen molar-refractivity contribution in [3.8, 4) is 0 Å². The molecule has 6 heteroatoms. The van der Waals surface area contributed by atoms with Crippen LogP contribution in [-0.4, -0.2) is 50.6 Å². The van der Waals surface area contributed by atoms with E-state index < -0.39 is 10.0 Å². The molecule has 17 heavy (non-hydrogen) atoms. The number of nitrogens with one attached hydrogen (secondary N) is 1. The molecule has 3 rings (SSSR count). The molecule has 3 aliphatic rings. The van der Waals surface area contributed by atoms with E-state index in [1.165, 1.54) is 0 Å². The van der Waals surface area contributed by atoms with Gasteiger partial charge in [0.2, 0.25) is 10.0 Å². The molecule has 4 nitrogen and oxygen atoms in total. The maximum absolute atomic E-state index is 11.9. The molecular formula is C11H21ClN2O2S. The highest BCUT2D eigenvalue weighted by Gasteiger charge is 2.35. The summed E-state index contributed by atoms with van der Waals surface area (Å²) in [4.78, 5) is 2.35. The lowest BCUT2D eigenvalue weighted by Crippen LogP contribution is -2.57. The third-order valence-electron chi connectivity index (χ3n) is 3.78. The largest absolute Gasteiger partial charge is 0.302 e. The highest BCUT2D eigenvalue weighted by Crippen LogP contribution is 2.27. The van der Waals surface area contributed by atoms with Gasteiger partial charge >= 0.3 is 0 Å². The van der Waals surface area contributed by atoms with Crippen LogP contribution < -0.4 is 4.72 Å². The molecule has 0 aromatic carbocycles. The van der Waals surface area contributed by atoms with E-state index in [9.17, 15) is 8.42 Å². The molecule has 0 amide bonds. The number of sulfonamides is 1. The van der Waals surface area contributed by atoms with E-state index in [0.717, 1.165) is 38.9 Å². The fourth-order valence-corrected chi connectivity index (χ4v) is 4.39. The number of hydrogen-bond acceptors (Lipinski definition) is 3. The van der Waals surface area contributed by atoms with Crippen LogP contribution >= 0.6 is 11.6 Å². The molecule has 0 radical (unpaired) electrons. The minimum atomic E-state index is -3.11. The fourth-order valence-electron chi connectivity index (χ4n) is 2.77. The van der Waals surface area contributed by atoms with E-state index in [1.54, 1.807) is 0 Å². The Labute approximate surface area is 109 Å². The lowest BCUT2D eigenvalue weighted by Gasteiger charge is -2.44. The minimum Gasteiger partial charge on any atom is -0.302 e. The van der Waals surface area contributed by atoms with Crippen molar-refractivity contribution in [2.24, 2.45) is 5.92 Å².